The minimum atomic E-state index is -4.62. The fourth-order valence-corrected chi connectivity index (χ4v) is 11.2. The summed E-state index contributed by atoms with van der Waals surface area (Å²) in [5.41, 5.74) is 1.48. The van der Waals surface area contributed by atoms with Gasteiger partial charge in [0.25, 0.3) is 5.91 Å². The summed E-state index contributed by atoms with van der Waals surface area (Å²) in [5.74, 6) is -2.89. The van der Waals surface area contributed by atoms with Crippen LogP contribution >= 0.6 is 23.1 Å². The number of alkyl halides is 3. The number of thiazole rings is 1. The SMILES string of the molecule is Cc1ccccc1NC(=O)COc1cccc([C@@H]2c3sc(=O)[nH]c3S[C@@H]3[C@@H]4C[C@@H]([C@@H]5C(=O)N(c6cccc(C(F)(F)F)c6)C(=O)[C@@H]45)[C@H]23)c1. The van der Waals surface area contributed by atoms with Crippen LogP contribution in [0.3, 0.4) is 0 Å². The lowest BCUT2D eigenvalue weighted by atomic mass is 9.68. The van der Waals surface area contributed by atoms with Crippen LogP contribution in [0.1, 0.15) is 33.9 Å². The van der Waals surface area contributed by atoms with Gasteiger partial charge in [0.1, 0.15) is 5.75 Å². The van der Waals surface area contributed by atoms with Crippen molar-refractivity contribution in [3.8, 4) is 5.75 Å². The number of imide groups is 1. The van der Waals surface area contributed by atoms with Gasteiger partial charge in [0, 0.05) is 21.7 Å². The van der Waals surface area contributed by atoms with Gasteiger partial charge in [-0.2, -0.15) is 13.2 Å². The van der Waals surface area contributed by atoms with Crippen LogP contribution in [0.15, 0.2) is 82.6 Å². The lowest BCUT2D eigenvalue weighted by Gasteiger charge is -2.43. The number of anilines is 2. The second-order valence-electron chi connectivity index (χ2n) is 12.7. The van der Waals surface area contributed by atoms with Crippen molar-refractivity contribution in [2.75, 3.05) is 16.8 Å². The number of amides is 3. The van der Waals surface area contributed by atoms with E-state index in [9.17, 15) is 32.3 Å². The van der Waals surface area contributed by atoms with Crippen LogP contribution < -0.4 is 19.8 Å². The first-order valence-corrected chi connectivity index (χ1v) is 17.2. The number of hydrogen-bond donors (Lipinski definition) is 2. The number of nitrogens with one attached hydrogen (secondary N) is 2. The van der Waals surface area contributed by atoms with Crippen LogP contribution in [0.25, 0.3) is 0 Å². The van der Waals surface area contributed by atoms with Crippen molar-refractivity contribution in [1.82, 2.24) is 4.98 Å². The highest BCUT2D eigenvalue weighted by Gasteiger charge is 2.69. The maximum Gasteiger partial charge on any atom is 0.416 e. The summed E-state index contributed by atoms with van der Waals surface area (Å²) in [6.07, 6.45) is -3.98. The number of halogens is 3. The third-order valence-electron chi connectivity index (χ3n) is 10.2. The van der Waals surface area contributed by atoms with Gasteiger partial charge in [-0.25, -0.2) is 0 Å². The van der Waals surface area contributed by atoms with Crippen molar-refractivity contribution in [2.24, 2.45) is 29.6 Å². The lowest BCUT2D eigenvalue weighted by molar-refractivity contribution is -0.137. The van der Waals surface area contributed by atoms with Gasteiger partial charge in [-0.05, 0) is 78.6 Å². The van der Waals surface area contributed by atoms with Crippen molar-refractivity contribution < 1.29 is 32.3 Å². The number of rotatable bonds is 6. The van der Waals surface area contributed by atoms with Crippen LogP contribution in [-0.2, 0) is 20.6 Å². The Balaban J connectivity index is 1.09. The number of carbonyl (C=O) groups is 3. The van der Waals surface area contributed by atoms with Gasteiger partial charge in [-0.15, -0.1) is 11.8 Å². The zero-order valence-corrected chi connectivity index (χ0v) is 27.0. The highest BCUT2D eigenvalue weighted by Crippen LogP contribution is 2.68. The van der Waals surface area contributed by atoms with E-state index in [0.29, 0.717) is 17.9 Å². The van der Waals surface area contributed by atoms with Crippen molar-refractivity contribution in [2.45, 2.75) is 35.7 Å². The summed E-state index contributed by atoms with van der Waals surface area (Å²) in [5, 5.41) is 3.49. The molecule has 0 spiro atoms. The number of benzene rings is 3. The summed E-state index contributed by atoms with van der Waals surface area (Å²) >= 11 is 2.64. The highest BCUT2D eigenvalue weighted by atomic mass is 32.2. The average molecular weight is 692 g/mol. The molecule has 3 fully saturated rings. The van der Waals surface area contributed by atoms with E-state index in [1.807, 2.05) is 49.4 Å². The molecule has 2 bridgehead atoms. The summed E-state index contributed by atoms with van der Waals surface area (Å²) in [4.78, 5) is 57.7. The molecular weight excluding hydrogens is 664 g/mol. The van der Waals surface area contributed by atoms with Crippen molar-refractivity contribution in [3.63, 3.8) is 0 Å². The molecule has 0 unspecified atom stereocenters. The Bertz CT molecular complexity index is 2040. The third-order valence-corrected chi connectivity index (χ3v) is 12.8. The van der Waals surface area contributed by atoms with E-state index in [1.165, 1.54) is 23.9 Å². The monoisotopic (exact) mass is 691 g/mol. The second-order valence-corrected chi connectivity index (χ2v) is 14.9. The molecule has 13 heteroatoms. The predicted molar refractivity (Wildman–Crippen MR) is 174 cm³/mol. The van der Waals surface area contributed by atoms with Crippen LogP contribution in [-0.4, -0.2) is 34.6 Å². The van der Waals surface area contributed by atoms with Gasteiger partial charge in [0.2, 0.25) is 11.8 Å². The number of para-hydroxylation sites is 1. The number of fused-ring (bicyclic) bond motifs is 9. The zero-order valence-electron chi connectivity index (χ0n) is 25.3. The molecule has 1 aromatic heterocycles. The van der Waals surface area contributed by atoms with Crippen LogP contribution in [0, 0.1) is 36.5 Å². The Hall–Kier alpha value is -4.36. The molecule has 2 saturated carbocycles. The number of nitrogens with zero attached hydrogens (tertiary/aromatic N) is 1. The molecule has 246 valence electrons. The first-order chi connectivity index (χ1) is 23.0. The number of thioether (sulfide) groups is 1. The summed E-state index contributed by atoms with van der Waals surface area (Å²) in [6.45, 7) is 1.68. The lowest BCUT2D eigenvalue weighted by Crippen LogP contribution is -2.42. The van der Waals surface area contributed by atoms with Gasteiger partial charge in [-0.3, -0.25) is 24.1 Å². The average Bonchev–Trinajstić information content (AvgIpc) is 3.79. The van der Waals surface area contributed by atoms with Crippen LogP contribution in [0.5, 0.6) is 5.75 Å². The second kappa shape index (κ2) is 11.4. The Kier molecular flexibility index (Phi) is 7.33. The standard InChI is InChI=1S/C35H28F3N3O5S2/c1-16-6-2-3-11-23(16)39-24(42)15-46-20-10-4-7-17(12-20)25-26-21-14-22(29(26)47-31-30(25)48-34(45)40-31)28-27(21)32(43)41(33(28)44)19-9-5-8-18(13-19)35(36,37)38/h2-13,21-22,25-29H,14-15H2,1H3,(H,39,42)(H,40,45)/t21-,22-,25+,26-,27+,28+,29-/m1/s1. The molecule has 3 aromatic carbocycles. The van der Waals surface area contributed by atoms with Gasteiger partial charge in [0.05, 0.1) is 28.1 Å². The van der Waals surface area contributed by atoms with E-state index < -0.39 is 35.4 Å². The van der Waals surface area contributed by atoms with Gasteiger partial charge in [0.15, 0.2) is 6.61 Å². The first kappa shape index (κ1) is 30.9. The molecule has 1 saturated heterocycles. The van der Waals surface area contributed by atoms with Gasteiger partial charge < -0.3 is 15.0 Å². The molecule has 3 amide bonds. The van der Waals surface area contributed by atoms with E-state index in [-0.39, 0.29) is 52.0 Å². The van der Waals surface area contributed by atoms with E-state index in [1.54, 1.807) is 6.07 Å². The molecule has 8 rings (SSSR count). The predicted octanol–water partition coefficient (Wildman–Crippen LogP) is 6.46. The Morgan fingerprint density at radius 3 is 2.50 bits per heavy atom. The van der Waals surface area contributed by atoms with E-state index in [2.05, 4.69) is 10.3 Å². The van der Waals surface area contributed by atoms with E-state index >= 15 is 0 Å². The van der Waals surface area contributed by atoms with Crippen molar-refractivity contribution in [3.05, 3.63) is 104 Å². The fourth-order valence-electron chi connectivity index (χ4n) is 8.31. The Morgan fingerprint density at radius 2 is 1.73 bits per heavy atom. The first-order valence-electron chi connectivity index (χ1n) is 15.5. The summed E-state index contributed by atoms with van der Waals surface area (Å²) in [7, 11) is 0. The van der Waals surface area contributed by atoms with Crippen molar-refractivity contribution >= 4 is 52.2 Å². The summed E-state index contributed by atoms with van der Waals surface area (Å²) in [6, 6.07) is 19.2. The minimum Gasteiger partial charge on any atom is -0.484 e. The number of hydrogen-bond acceptors (Lipinski definition) is 7. The molecule has 2 aliphatic carbocycles. The molecule has 4 aromatic rings. The molecule has 4 aliphatic rings. The zero-order chi connectivity index (χ0) is 33.5. The summed E-state index contributed by atoms with van der Waals surface area (Å²) < 4.78 is 46.5. The maximum absolute atomic E-state index is 14.0. The molecule has 8 nitrogen and oxygen atoms in total. The molecule has 2 aliphatic heterocycles. The quantitative estimate of drug-likeness (QED) is 0.225. The normalized spacial score (nSPS) is 27.1. The third kappa shape index (κ3) is 4.97. The van der Waals surface area contributed by atoms with Crippen molar-refractivity contribution in [1.29, 1.82) is 0 Å². The smallest absolute Gasteiger partial charge is 0.416 e. The fraction of sp³-hybridized carbons (Fsp3) is 0.314. The molecule has 2 N–H and O–H groups in total. The maximum atomic E-state index is 14.0. The Labute approximate surface area is 280 Å². The number of carbonyl (C=O) groups excluding carboxylic acids is 3. The number of ether oxygens (including phenoxy) is 1. The molecule has 3 heterocycles. The molecule has 7 atom stereocenters. The number of aryl methyl sites for hydroxylation is 1. The number of H-pyrrole nitrogens is 1. The van der Waals surface area contributed by atoms with E-state index in [4.69, 9.17) is 4.74 Å². The van der Waals surface area contributed by atoms with Crippen LogP contribution in [0.4, 0.5) is 24.5 Å². The van der Waals surface area contributed by atoms with Gasteiger partial charge in [-0.1, -0.05) is 47.7 Å². The number of aromatic amines is 1. The molecule has 48 heavy (non-hydrogen) atoms. The highest BCUT2D eigenvalue weighted by molar-refractivity contribution is 8.00. The molecular formula is C35H28F3N3O5S2. The minimum absolute atomic E-state index is 0.0689. The Morgan fingerprint density at radius 1 is 0.979 bits per heavy atom. The largest absolute Gasteiger partial charge is 0.484 e. The van der Waals surface area contributed by atoms with E-state index in [0.717, 1.165) is 49.4 Å². The number of aromatic nitrogens is 1. The van der Waals surface area contributed by atoms with Crippen LogP contribution in [0.2, 0.25) is 0 Å². The molecule has 0 radical (unpaired) electrons. The topological polar surface area (TPSA) is 109 Å². The van der Waals surface area contributed by atoms with Gasteiger partial charge >= 0.3 is 11.0 Å².